The third kappa shape index (κ3) is 4.66. The molecule has 0 N–H and O–H groups in total. The molecule has 33 heavy (non-hydrogen) atoms. The van der Waals surface area contributed by atoms with Crippen LogP contribution in [0.4, 0.5) is 0 Å². The zero-order chi connectivity index (χ0) is 23.8. The first kappa shape index (κ1) is 22.7. The number of carbonyl (C=O) groups excluding carboxylic acids is 1. The van der Waals surface area contributed by atoms with Crippen LogP contribution in [0.25, 0.3) is 28.2 Å². The first-order valence-corrected chi connectivity index (χ1v) is 11.0. The Morgan fingerprint density at radius 2 is 1.64 bits per heavy atom. The fourth-order valence-electron chi connectivity index (χ4n) is 3.87. The quantitative estimate of drug-likeness (QED) is 0.370. The summed E-state index contributed by atoms with van der Waals surface area (Å²) in [5.41, 5.74) is 6.08. The molecule has 6 nitrogen and oxygen atoms in total. The van der Waals surface area contributed by atoms with E-state index in [9.17, 15) is 4.79 Å². The molecule has 2 aromatic carbocycles. The summed E-state index contributed by atoms with van der Waals surface area (Å²) < 4.78 is 13.2. The lowest BCUT2D eigenvalue weighted by molar-refractivity contribution is -0.164. The molecular formula is C27H29N3O3. The summed E-state index contributed by atoms with van der Waals surface area (Å²) >= 11 is 0. The van der Waals surface area contributed by atoms with Gasteiger partial charge < -0.3 is 9.47 Å². The Morgan fingerprint density at radius 1 is 0.970 bits per heavy atom. The molecule has 0 saturated carbocycles. The molecule has 0 bridgehead atoms. The number of aromatic nitrogens is 3. The van der Waals surface area contributed by atoms with Crippen LogP contribution in [0.3, 0.4) is 0 Å². The summed E-state index contributed by atoms with van der Waals surface area (Å²) in [6.45, 7) is 9.68. The molecule has 0 aliphatic carbocycles. The highest BCUT2D eigenvalue weighted by Gasteiger charge is 2.34. The van der Waals surface area contributed by atoms with Gasteiger partial charge in [0.05, 0.1) is 24.1 Å². The molecule has 0 saturated heterocycles. The largest absolute Gasteiger partial charge is 0.467 e. The Labute approximate surface area is 194 Å². The molecule has 0 aliphatic rings. The van der Waals surface area contributed by atoms with Crippen molar-refractivity contribution in [2.45, 2.75) is 46.3 Å². The van der Waals surface area contributed by atoms with E-state index in [-0.39, 0.29) is 0 Å². The maximum Gasteiger partial charge on any atom is 0.339 e. The second-order valence-electron chi connectivity index (χ2n) is 9.12. The summed E-state index contributed by atoms with van der Waals surface area (Å²) in [4.78, 5) is 17.7. The van der Waals surface area contributed by atoms with Crippen LogP contribution in [0.15, 0.2) is 60.7 Å². The number of benzene rings is 2. The zero-order valence-corrected chi connectivity index (χ0v) is 19.9. The van der Waals surface area contributed by atoms with Gasteiger partial charge in [-0.1, -0.05) is 60.2 Å². The Kier molecular flexibility index (Phi) is 6.04. The van der Waals surface area contributed by atoms with Gasteiger partial charge in [-0.25, -0.2) is 14.3 Å². The number of ether oxygens (including phenoxy) is 2. The number of methoxy groups -OCH3 is 1. The number of nitrogens with zero attached hydrogens (tertiary/aromatic N) is 3. The molecule has 0 aliphatic heterocycles. The normalized spacial score (nSPS) is 12.7. The van der Waals surface area contributed by atoms with Crippen molar-refractivity contribution in [2.24, 2.45) is 0 Å². The van der Waals surface area contributed by atoms with Gasteiger partial charge in [0, 0.05) is 28.5 Å². The van der Waals surface area contributed by atoms with Gasteiger partial charge in [0.1, 0.15) is 0 Å². The Bertz CT molecular complexity index is 1290. The van der Waals surface area contributed by atoms with Gasteiger partial charge in [-0.05, 0) is 34.6 Å². The molecule has 2 aromatic heterocycles. The number of carbonyl (C=O) groups is 1. The molecule has 2 heterocycles. The maximum absolute atomic E-state index is 12.9. The predicted octanol–water partition coefficient (Wildman–Crippen LogP) is 5.71. The predicted molar refractivity (Wildman–Crippen MR) is 129 cm³/mol. The summed E-state index contributed by atoms with van der Waals surface area (Å²) in [6, 6.07) is 20.1. The summed E-state index contributed by atoms with van der Waals surface area (Å²) in [6.07, 6.45) is -0.951. The van der Waals surface area contributed by atoms with E-state index in [1.807, 2.05) is 95.3 Å². The minimum absolute atomic E-state index is 0.474. The van der Waals surface area contributed by atoms with E-state index in [4.69, 9.17) is 19.6 Å². The Balaban J connectivity index is 2.04. The van der Waals surface area contributed by atoms with Crippen LogP contribution >= 0.6 is 0 Å². The summed E-state index contributed by atoms with van der Waals surface area (Å²) in [5, 5.41) is 4.89. The van der Waals surface area contributed by atoms with Crippen LogP contribution in [0.2, 0.25) is 0 Å². The van der Waals surface area contributed by atoms with Gasteiger partial charge in [-0.3, -0.25) is 0 Å². The maximum atomic E-state index is 12.9. The van der Waals surface area contributed by atoms with Crippen molar-refractivity contribution in [3.63, 3.8) is 0 Å². The number of hydrogen-bond donors (Lipinski definition) is 0. The van der Waals surface area contributed by atoms with Crippen LogP contribution < -0.4 is 0 Å². The lowest BCUT2D eigenvalue weighted by Gasteiger charge is -2.28. The third-order valence-electron chi connectivity index (χ3n) is 5.37. The minimum Gasteiger partial charge on any atom is -0.467 e. The lowest BCUT2D eigenvalue weighted by Crippen LogP contribution is -2.29. The molecular weight excluding hydrogens is 414 g/mol. The van der Waals surface area contributed by atoms with Crippen molar-refractivity contribution in [3.05, 3.63) is 77.5 Å². The van der Waals surface area contributed by atoms with Crippen molar-refractivity contribution < 1.29 is 14.3 Å². The van der Waals surface area contributed by atoms with E-state index >= 15 is 0 Å². The molecule has 1 unspecified atom stereocenters. The van der Waals surface area contributed by atoms with Crippen LogP contribution in [-0.4, -0.2) is 33.3 Å². The van der Waals surface area contributed by atoms with Gasteiger partial charge in [-0.2, -0.15) is 5.10 Å². The monoisotopic (exact) mass is 443 g/mol. The Hall–Kier alpha value is -3.51. The highest BCUT2D eigenvalue weighted by atomic mass is 16.6. The molecule has 0 radical (unpaired) electrons. The zero-order valence-electron chi connectivity index (χ0n) is 19.9. The third-order valence-corrected chi connectivity index (χ3v) is 5.37. The SMILES string of the molecule is COC(=O)C(OC(C)(C)C)c1c(C)nc2cc(-c3ccccc3)nn2c1-c1ccc(C)cc1. The number of hydrogen-bond acceptors (Lipinski definition) is 5. The average molecular weight is 444 g/mol. The van der Waals surface area contributed by atoms with Crippen LogP contribution in [0.5, 0.6) is 0 Å². The molecule has 0 amide bonds. The van der Waals surface area contributed by atoms with Crippen LogP contribution in [0.1, 0.15) is 43.7 Å². The van der Waals surface area contributed by atoms with Crippen LogP contribution in [-0.2, 0) is 14.3 Å². The molecule has 4 aromatic rings. The number of aryl methyl sites for hydroxylation is 2. The number of fused-ring (bicyclic) bond motifs is 1. The van der Waals surface area contributed by atoms with Gasteiger partial charge in [0.2, 0.25) is 0 Å². The number of esters is 1. The topological polar surface area (TPSA) is 65.7 Å². The van der Waals surface area contributed by atoms with E-state index in [1.54, 1.807) is 4.52 Å². The van der Waals surface area contributed by atoms with Crippen molar-refractivity contribution >= 4 is 11.6 Å². The van der Waals surface area contributed by atoms with Gasteiger partial charge in [0.25, 0.3) is 0 Å². The van der Waals surface area contributed by atoms with Crippen molar-refractivity contribution in [1.29, 1.82) is 0 Å². The molecule has 170 valence electrons. The molecule has 0 fully saturated rings. The lowest BCUT2D eigenvalue weighted by atomic mass is 9.98. The fraction of sp³-hybridized carbons (Fsp3) is 0.296. The van der Waals surface area contributed by atoms with E-state index in [2.05, 4.69) is 0 Å². The first-order chi connectivity index (χ1) is 15.7. The standard InChI is InChI=1S/C27H29N3O3/c1-17-12-14-20(15-13-17)24-23(25(26(31)32-6)33-27(3,4)5)18(2)28-22-16-21(29-30(22)24)19-10-8-7-9-11-19/h7-16,25H,1-6H3. The molecule has 4 rings (SSSR count). The Morgan fingerprint density at radius 3 is 2.24 bits per heavy atom. The van der Waals surface area contributed by atoms with Crippen LogP contribution in [0, 0.1) is 13.8 Å². The van der Waals surface area contributed by atoms with Crippen molar-refractivity contribution in [2.75, 3.05) is 7.11 Å². The average Bonchev–Trinajstić information content (AvgIpc) is 3.20. The second-order valence-corrected chi connectivity index (χ2v) is 9.12. The van der Waals surface area contributed by atoms with Gasteiger partial charge >= 0.3 is 5.97 Å². The van der Waals surface area contributed by atoms with Crippen molar-refractivity contribution in [1.82, 2.24) is 14.6 Å². The van der Waals surface area contributed by atoms with E-state index in [1.165, 1.54) is 7.11 Å². The van der Waals surface area contributed by atoms with Crippen molar-refractivity contribution in [3.8, 4) is 22.5 Å². The fourth-order valence-corrected chi connectivity index (χ4v) is 3.87. The highest BCUT2D eigenvalue weighted by Crippen LogP contribution is 2.36. The second kappa shape index (κ2) is 8.79. The van der Waals surface area contributed by atoms with Gasteiger partial charge in [0.15, 0.2) is 11.8 Å². The van der Waals surface area contributed by atoms with E-state index in [0.717, 1.165) is 28.1 Å². The highest BCUT2D eigenvalue weighted by molar-refractivity contribution is 5.82. The van der Waals surface area contributed by atoms with E-state index < -0.39 is 17.7 Å². The molecule has 1 atom stereocenters. The first-order valence-electron chi connectivity index (χ1n) is 11.0. The van der Waals surface area contributed by atoms with E-state index in [0.29, 0.717) is 16.9 Å². The minimum atomic E-state index is -0.951. The molecule has 0 spiro atoms. The molecule has 6 heteroatoms. The summed E-state index contributed by atoms with van der Waals surface area (Å²) in [5.74, 6) is -0.474. The van der Waals surface area contributed by atoms with Gasteiger partial charge in [-0.15, -0.1) is 0 Å². The summed E-state index contributed by atoms with van der Waals surface area (Å²) in [7, 11) is 1.37. The smallest absolute Gasteiger partial charge is 0.339 e. The number of rotatable bonds is 5.